The Kier molecular flexibility index (Phi) is 6.14. The number of aromatic nitrogens is 2. The first kappa shape index (κ1) is 17.0. The average Bonchev–Trinajstić information content (AvgIpc) is 2.91. The van der Waals surface area contributed by atoms with Gasteiger partial charge in [0.2, 0.25) is 5.88 Å². The molecule has 2 aromatic rings. The summed E-state index contributed by atoms with van der Waals surface area (Å²) in [6, 6.07) is 3.39. The molecule has 0 aromatic carbocycles. The summed E-state index contributed by atoms with van der Waals surface area (Å²) in [4.78, 5) is 15.8. The topological polar surface area (TPSA) is 77.2 Å². The largest absolute Gasteiger partial charge is 0.473 e. The molecule has 0 spiro atoms. The first-order valence-electron chi connectivity index (χ1n) is 7.96. The van der Waals surface area contributed by atoms with Gasteiger partial charge in [0.25, 0.3) is 5.91 Å². The van der Waals surface area contributed by atoms with Crippen LogP contribution in [0.4, 0.5) is 0 Å². The number of hydrogen-bond acceptors (Lipinski definition) is 5. The summed E-state index contributed by atoms with van der Waals surface area (Å²) in [5.74, 6) is 1.11. The van der Waals surface area contributed by atoms with Crippen molar-refractivity contribution in [1.29, 1.82) is 0 Å². The Hall–Kier alpha value is -2.37. The minimum Gasteiger partial charge on any atom is -0.473 e. The van der Waals surface area contributed by atoms with E-state index < -0.39 is 0 Å². The maximum absolute atomic E-state index is 11.7. The highest BCUT2D eigenvalue weighted by molar-refractivity contribution is 5.93. The van der Waals surface area contributed by atoms with Gasteiger partial charge in [-0.1, -0.05) is 18.5 Å². The van der Waals surface area contributed by atoms with Gasteiger partial charge in [-0.25, -0.2) is 4.98 Å². The van der Waals surface area contributed by atoms with Crippen LogP contribution in [0.3, 0.4) is 0 Å². The molecule has 23 heavy (non-hydrogen) atoms. The molecule has 0 fully saturated rings. The highest BCUT2D eigenvalue weighted by Crippen LogP contribution is 2.18. The van der Waals surface area contributed by atoms with Gasteiger partial charge in [0.15, 0.2) is 0 Å². The van der Waals surface area contributed by atoms with Gasteiger partial charge in [-0.15, -0.1) is 0 Å². The van der Waals surface area contributed by atoms with Crippen molar-refractivity contribution in [3.8, 4) is 5.88 Å². The minimum atomic E-state index is -0.136. The predicted octanol–water partition coefficient (Wildman–Crippen LogP) is 3.05. The Balaban J connectivity index is 1.98. The lowest BCUT2D eigenvalue weighted by molar-refractivity contribution is 0.0955. The number of unbranched alkanes of at least 4 members (excludes halogenated alkanes) is 1. The molecule has 0 atom stereocenters. The zero-order valence-electron chi connectivity index (χ0n) is 13.9. The van der Waals surface area contributed by atoms with Crippen molar-refractivity contribution in [3.05, 3.63) is 40.9 Å². The van der Waals surface area contributed by atoms with Crippen LogP contribution in [-0.4, -0.2) is 22.6 Å². The van der Waals surface area contributed by atoms with Crippen molar-refractivity contribution in [1.82, 2.24) is 15.5 Å². The molecule has 6 heteroatoms. The number of ether oxygens (including phenoxy) is 1. The first-order chi connectivity index (χ1) is 11.2. The molecule has 0 bridgehead atoms. The summed E-state index contributed by atoms with van der Waals surface area (Å²) in [7, 11) is 0. The molecule has 6 nitrogen and oxygen atoms in total. The molecule has 2 aromatic heterocycles. The number of nitrogens with one attached hydrogen (secondary N) is 1. The monoisotopic (exact) mass is 317 g/mol. The molecule has 0 aliphatic rings. The highest BCUT2D eigenvalue weighted by Gasteiger charge is 2.13. The number of pyridine rings is 1. The summed E-state index contributed by atoms with van der Waals surface area (Å²) in [6.45, 7) is 6.85. The van der Waals surface area contributed by atoms with Gasteiger partial charge < -0.3 is 14.6 Å². The second-order valence-corrected chi connectivity index (χ2v) is 5.30. The number of carbonyl (C=O) groups is 1. The Morgan fingerprint density at radius 2 is 2.17 bits per heavy atom. The Morgan fingerprint density at radius 3 is 2.83 bits per heavy atom. The highest BCUT2D eigenvalue weighted by atomic mass is 16.5. The Labute approximate surface area is 136 Å². The van der Waals surface area contributed by atoms with Gasteiger partial charge in [-0.3, -0.25) is 4.79 Å². The van der Waals surface area contributed by atoms with Crippen LogP contribution in [0.2, 0.25) is 0 Å². The molecule has 0 saturated carbocycles. The number of nitrogens with zero attached hydrogens (tertiary/aromatic N) is 2. The lowest BCUT2D eigenvalue weighted by Gasteiger charge is -2.07. The quantitative estimate of drug-likeness (QED) is 0.809. The summed E-state index contributed by atoms with van der Waals surface area (Å²) in [5, 5.41) is 6.82. The van der Waals surface area contributed by atoms with Crippen LogP contribution in [0, 0.1) is 6.92 Å². The third-order valence-electron chi connectivity index (χ3n) is 3.53. The van der Waals surface area contributed by atoms with Gasteiger partial charge in [0.1, 0.15) is 12.4 Å². The zero-order valence-corrected chi connectivity index (χ0v) is 13.9. The van der Waals surface area contributed by atoms with Crippen LogP contribution in [0.15, 0.2) is 22.9 Å². The van der Waals surface area contributed by atoms with E-state index >= 15 is 0 Å². The SMILES string of the molecule is CCCCc1noc(C)c1COc1ccc(C(=O)NCC)cn1. The van der Waals surface area contributed by atoms with Crippen molar-refractivity contribution in [2.45, 2.75) is 46.6 Å². The van der Waals surface area contributed by atoms with E-state index in [0.29, 0.717) is 24.6 Å². The fourth-order valence-corrected chi connectivity index (χ4v) is 2.17. The van der Waals surface area contributed by atoms with Crippen molar-refractivity contribution in [2.24, 2.45) is 0 Å². The Morgan fingerprint density at radius 1 is 1.35 bits per heavy atom. The van der Waals surface area contributed by atoms with Crippen LogP contribution in [0.5, 0.6) is 5.88 Å². The summed E-state index contributed by atoms with van der Waals surface area (Å²) in [5.41, 5.74) is 2.44. The molecule has 2 heterocycles. The van der Waals surface area contributed by atoms with E-state index in [-0.39, 0.29) is 5.91 Å². The maximum Gasteiger partial charge on any atom is 0.252 e. The molecular formula is C17H23N3O3. The number of carbonyl (C=O) groups excluding carboxylic acids is 1. The molecule has 1 amide bonds. The third-order valence-corrected chi connectivity index (χ3v) is 3.53. The van der Waals surface area contributed by atoms with Gasteiger partial charge >= 0.3 is 0 Å². The lowest BCUT2D eigenvalue weighted by Crippen LogP contribution is -2.22. The summed E-state index contributed by atoms with van der Waals surface area (Å²) >= 11 is 0. The van der Waals surface area contributed by atoms with Crippen LogP contribution in [-0.2, 0) is 13.0 Å². The van der Waals surface area contributed by atoms with Crippen molar-refractivity contribution < 1.29 is 14.1 Å². The van der Waals surface area contributed by atoms with Crippen molar-refractivity contribution in [2.75, 3.05) is 6.54 Å². The van der Waals surface area contributed by atoms with Crippen molar-refractivity contribution >= 4 is 5.91 Å². The molecule has 0 aliphatic heterocycles. The second-order valence-electron chi connectivity index (χ2n) is 5.30. The van der Waals surface area contributed by atoms with E-state index in [4.69, 9.17) is 9.26 Å². The normalized spacial score (nSPS) is 10.6. The van der Waals surface area contributed by atoms with Gasteiger partial charge in [0.05, 0.1) is 16.8 Å². The molecule has 0 aliphatic carbocycles. The van der Waals surface area contributed by atoms with E-state index in [1.165, 1.54) is 6.20 Å². The van der Waals surface area contributed by atoms with Crippen LogP contribution < -0.4 is 10.1 Å². The van der Waals surface area contributed by atoms with Crippen molar-refractivity contribution in [3.63, 3.8) is 0 Å². The molecule has 0 radical (unpaired) electrons. The molecule has 2 rings (SSSR count). The lowest BCUT2D eigenvalue weighted by atomic mass is 10.1. The van der Waals surface area contributed by atoms with Crippen LogP contribution in [0.25, 0.3) is 0 Å². The number of hydrogen-bond donors (Lipinski definition) is 1. The molecule has 124 valence electrons. The summed E-state index contributed by atoms with van der Waals surface area (Å²) < 4.78 is 11.0. The second kappa shape index (κ2) is 8.31. The van der Waals surface area contributed by atoms with Gasteiger partial charge in [-0.05, 0) is 32.8 Å². The predicted molar refractivity (Wildman–Crippen MR) is 86.4 cm³/mol. The molecule has 1 N–H and O–H groups in total. The van der Waals surface area contributed by atoms with E-state index in [2.05, 4.69) is 22.4 Å². The first-order valence-corrected chi connectivity index (χ1v) is 7.96. The standard InChI is InChI=1S/C17H23N3O3/c1-4-6-7-15-14(12(3)23-20-15)11-22-16-9-8-13(10-19-16)17(21)18-5-2/h8-10H,4-7,11H2,1-3H3,(H,18,21). The van der Waals surface area contributed by atoms with E-state index in [9.17, 15) is 4.79 Å². The average molecular weight is 317 g/mol. The summed E-state index contributed by atoms with van der Waals surface area (Å²) in [6.07, 6.45) is 4.57. The fraction of sp³-hybridized carbons (Fsp3) is 0.471. The number of amides is 1. The number of rotatable bonds is 8. The van der Waals surface area contributed by atoms with Crippen LogP contribution in [0.1, 0.15) is 54.1 Å². The molecule has 0 saturated heterocycles. The van der Waals surface area contributed by atoms with Crippen LogP contribution >= 0.6 is 0 Å². The van der Waals surface area contributed by atoms with E-state index in [0.717, 1.165) is 36.3 Å². The Bertz CT molecular complexity index is 635. The zero-order chi connectivity index (χ0) is 16.7. The van der Waals surface area contributed by atoms with Gasteiger partial charge in [0, 0.05) is 18.8 Å². The third kappa shape index (κ3) is 4.55. The molecular weight excluding hydrogens is 294 g/mol. The minimum absolute atomic E-state index is 0.136. The smallest absolute Gasteiger partial charge is 0.252 e. The fourth-order valence-electron chi connectivity index (χ4n) is 2.17. The van der Waals surface area contributed by atoms with E-state index in [1.54, 1.807) is 12.1 Å². The van der Waals surface area contributed by atoms with Gasteiger partial charge in [-0.2, -0.15) is 0 Å². The maximum atomic E-state index is 11.7. The molecule has 0 unspecified atom stereocenters. The number of aryl methyl sites for hydroxylation is 2. The van der Waals surface area contributed by atoms with E-state index in [1.807, 2.05) is 13.8 Å².